The van der Waals surface area contributed by atoms with Crippen LogP contribution in [-0.4, -0.2) is 33.0 Å². The summed E-state index contributed by atoms with van der Waals surface area (Å²) in [5.74, 6) is 2.32. The summed E-state index contributed by atoms with van der Waals surface area (Å²) < 4.78 is 7.91. The van der Waals surface area contributed by atoms with Crippen molar-refractivity contribution in [3.05, 3.63) is 78.1 Å². The summed E-state index contributed by atoms with van der Waals surface area (Å²) in [4.78, 5) is 12.6. The number of aromatic nitrogens is 3. The third kappa shape index (κ3) is 6.96. The van der Waals surface area contributed by atoms with Crippen LogP contribution >= 0.6 is 11.8 Å². The van der Waals surface area contributed by atoms with Crippen LogP contribution in [0.5, 0.6) is 5.75 Å². The van der Waals surface area contributed by atoms with Crippen molar-refractivity contribution in [1.82, 2.24) is 14.8 Å². The van der Waals surface area contributed by atoms with Gasteiger partial charge in [0.25, 0.3) is 0 Å². The van der Waals surface area contributed by atoms with Crippen LogP contribution < -0.4 is 10.1 Å². The van der Waals surface area contributed by atoms with E-state index in [4.69, 9.17) is 4.74 Å². The molecule has 0 fully saturated rings. The monoisotopic (exact) mass is 464 g/mol. The number of rotatable bonds is 12. The molecule has 2 aromatic carbocycles. The summed E-state index contributed by atoms with van der Waals surface area (Å²) in [6.45, 7) is 11.3. The van der Waals surface area contributed by atoms with Crippen molar-refractivity contribution in [3.63, 3.8) is 0 Å². The highest BCUT2D eigenvalue weighted by atomic mass is 32.2. The molecule has 0 saturated carbocycles. The Labute approximate surface area is 200 Å². The number of aryl methyl sites for hydroxylation is 2. The van der Waals surface area contributed by atoms with E-state index in [1.165, 1.54) is 11.8 Å². The van der Waals surface area contributed by atoms with Gasteiger partial charge in [-0.3, -0.25) is 4.79 Å². The second kappa shape index (κ2) is 12.3. The van der Waals surface area contributed by atoms with Crippen LogP contribution in [0.3, 0.4) is 0 Å². The average Bonchev–Trinajstić information content (AvgIpc) is 3.18. The Hall–Kier alpha value is -3.06. The Bertz CT molecular complexity index is 1080. The molecule has 0 saturated heterocycles. The number of ether oxygens (including phenoxy) is 1. The van der Waals surface area contributed by atoms with Crippen molar-refractivity contribution in [2.24, 2.45) is 0 Å². The molecular weight excluding hydrogens is 432 g/mol. The Morgan fingerprint density at radius 2 is 1.94 bits per heavy atom. The highest BCUT2D eigenvalue weighted by Crippen LogP contribution is 2.25. The smallest absolute Gasteiger partial charge is 0.234 e. The number of nitrogens with zero attached hydrogens (tertiary/aromatic N) is 3. The molecule has 0 spiro atoms. The van der Waals surface area contributed by atoms with E-state index in [-0.39, 0.29) is 11.7 Å². The molecule has 3 rings (SSSR count). The standard InChI is InChI=1S/C26H32N4O2S/c1-5-16-30-24(15-10-17-32-23-14-9-6-11-20(23)4)28-29-26(30)33-18-25(31)27-22-13-8-7-12-21(22)19(2)3/h5-9,11-14,19H,1,10,15-18H2,2-4H3,(H,27,31). The number of para-hydroxylation sites is 2. The fourth-order valence-corrected chi connectivity index (χ4v) is 4.25. The van der Waals surface area contributed by atoms with Crippen molar-refractivity contribution in [2.45, 2.75) is 51.2 Å². The summed E-state index contributed by atoms with van der Waals surface area (Å²) in [5, 5.41) is 12.4. The van der Waals surface area contributed by atoms with E-state index < -0.39 is 0 Å². The van der Waals surface area contributed by atoms with Crippen molar-refractivity contribution >= 4 is 23.4 Å². The quantitative estimate of drug-likeness (QED) is 0.213. The predicted octanol–water partition coefficient (Wildman–Crippen LogP) is 5.64. The number of anilines is 1. The SMILES string of the molecule is C=CCn1c(CCCOc2ccccc2C)nnc1SCC(=O)Nc1ccccc1C(C)C. The third-order valence-electron chi connectivity index (χ3n) is 5.19. The Balaban J connectivity index is 1.55. The van der Waals surface area contributed by atoms with Gasteiger partial charge < -0.3 is 14.6 Å². The van der Waals surface area contributed by atoms with Gasteiger partial charge in [-0.1, -0.05) is 68.1 Å². The van der Waals surface area contributed by atoms with Gasteiger partial charge in [0.05, 0.1) is 12.4 Å². The summed E-state index contributed by atoms with van der Waals surface area (Å²) in [5.41, 5.74) is 3.11. The zero-order chi connectivity index (χ0) is 23.6. The van der Waals surface area contributed by atoms with Gasteiger partial charge in [-0.05, 0) is 42.5 Å². The maximum Gasteiger partial charge on any atom is 0.234 e. The average molecular weight is 465 g/mol. The summed E-state index contributed by atoms with van der Waals surface area (Å²) in [7, 11) is 0. The highest BCUT2D eigenvalue weighted by molar-refractivity contribution is 7.99. The van der Waals surface area contributed by atoms with Crippen LogP contribution in [0.25, 0.3) is 0 Å². The van der Waals surface area contributed by atoms with Crippen LogP contribution in [0.1, 0.15) is 43.1 Å². The predicted molar refractivity (Wildman–Crippen MR) is 135 cm³/mol. The molecular formula is C26H32N4O2S. The van der Waals surface area contributed by atoms with E-state index in [1.807, 2.05) is 66.1 Å². The number of carbonyl (C=O) groups excluding carboxylic acids is 1. The summed E-state index contributed by atoms with van der Waals surface area (Å²) in [6, 6.07) is 15.9. The van der Waals surface area contributed by atoms with E-state index in [0.29, 0.717) is 19.1 Å². The minimum Gasteiger partial charge on any atom is -0.493 e. The van der Waals surface area contributed by atoms with Crippen LogP contribution in [0, 0.1) is 6.92 Å². The fraction of sp³-hybridized carbons (Fsp3) is 0.346. The van der Waals surface area contributed by atoms with Crippen LogP contribution in [-0.2, 0) is 17.8 Å². The van der Waals surface area contributed by atoms with Crippen LogP contribution in [0.2, 0.25) is 0 Å². The van der Waals surface area contributed by atoms with E-state index in [2.05, 4.69) is 35.9 Å². The number of thioether (sulfide) groups is 1. The van der Waals surface area contributed by atoms with Crippen molar-refractivity contribution < 1.29 is 9.53 Å². The molecule has 0 aliphatic rings. The summed E-state index contributed by atoms with van der Waals surface area (Å²) in [6.07, 6.45) is 3.38. The highest BCUT2D eigenvalue weighted by Gasteiger charge is 2.15. The van der Waals surface area contributed by atoms with Gasteiger partial charge in [-0.2, -0.15) is 0 Å². The molecule has 0 atom stereocenters. The molecule has 6 nitrogen and oxygen atoms in total. The molecule has 0 aliphatic carbocycles. The van der Waals surface area contributed by atoms with E-state index in [9.17, 15) is 4.79 Å². The maximum absolute atomic E-state index is 12.6. The second-order valence-electron chi connectivity index (χ2n) is 8.09. The first kappa shape index (κ1) is 24.6. The number of hydrogen-bond donors (Lipinski definition) is 1. The van der Waals surface area contributed by atoms with Gasteiger partial charge in [0.15, 0.2) is 5.16 Å². The molecule has 1 N–H and O–H groups in total. The lowest BCUT2D eigenvalue weighted by molar-refractivity contribution is -0.113. The van der Waals surface area contributed by atoms with Crippen LogP contribution in [0.15, 0.2) is 66.3 Å². The molecule has 0 bridgehead atoms. The molecule has 174 valence electrons. The molecule has 1 aromatic heterocycles. The Morgan fingerprint density at radius 1 is 1.18 bits per heavy atom. The Morgan fingerprint density at radius 3 is 2.70 bits per heavy atom. The van der Waals surface area contributed by atoms with Gasteiger partial charge in [-0.15, -0.1) is 16.8 Å². The van der Waals surface area contributed by atoms with Gasteiger partial charge in [0, 0.05) is 18.7 Å². The molecule has 0 aliphatic heterocycles. The zero-order valence-corrected chi connectivity index (χ0v) is 20.4. The van der Waals surface area contributed by atoms with E-state index >= 15 is 0 Å². The molecule has 1 amide bonds. The van der Waals surface area contributed by atoms with Gasteiger partial charge in [0.1, 0.15) is 11.6 Å². The number of amides is 1. The first-order valence-electron chi connectivity index (χ1n) is 11.2. The number of carbonyl (C=O) groups is 1. The van der Waals surface area contributed by atoms with Crippen LogP contribution in [0.4, 0.5) is 5.69 Å². The topological polar surface area (TPSA) is 69.0 Å². The maximum atomic E-state index is 12.6. The minimum atomic E-state index is -0.0607. The number of hydrogen-bond acceptors (Lipinski definition) is 5. The Kier molecular flexibility index (Phi) is 9.13. The molecule has 0 radical (unpaired) electrons. The minimum absolute atomic E-state index is 0.0607. The van der Waals surface area contributed by atoms with Gasteiger partial charge in [-0.25, -0.2) is 0 Å². The number of nitrogens with one attached hydrogen (secondary N) is 1. The molecule has 0 unspecified atom stereocenters. The van der Waals surface area contributed by atoms with Crippen molar-refractivity contribution in [1.29, 1.82) is 0 Å². The fourth-order valence-electron chi connectivity index (χ4n) is 3.48. The lowest BCUT2D eigenvalue weighted by Crippen LogP contribution is -2.16. The normalized spacial score (nSPS) is 10.9. The largest absolute Gasteiger partial charge is 0.493 e. The van der Waals surface area contributed by atoms with E-state index in [0.717, 1.165) is 46.4 Å². The molecule has 33 heavy (non-hydrogen) atoms. The number of allylic oxidation sites excluding steroid dienone is 1. The zero-order valence-electron chi connectivity index (χ0n) is 19.6. The lowest BCUT2D eigenvalue weighted by Gasteiger charge is -2.13. The van der Waals surface area contributed by atoms with Gasteiger partial charge >= 0.3 is 0 Å². The first-order chi connectivity index (χ1) is 16.0. The first-order valence-corrected chi connectivity index (χ1v) is 12.2. The van der Waals surface area contributed by atoms with Crippen molar-refractivity contribution in [3.8, 4) is 5.75 Å². The third-order valence-corrected chi connectivity index (χ3v) is 6.16. The number of benzene rings is 2. The second-order valence-corrected chi connectivity index (χ2v) is 9.04. The summed E-state index contributed by atoms with van der Waals surface area (Å²) >= 11 is 1.39. The van der Waals surface area contributed by atoms with Crippen molar-refractivity contribution in [2.75, 3.05) is 17.7 Å². The van der Waals surface area contributed by atoms with E-state index in [1.54, 1.807) is 0 Å². The molecule has 7 heteroatoms. The lowest BCUT2D eigenvalue weighted by atomic mass is 10.0. The van der Waals surface area contributed by atoms with Gasteiger partial charge in [0.2, 0.25) is 5.91 Å². The molecule has 1 heterocycles. The molecule has 3 aromatic rings.